The van der Waals surface area contributed by atoms with E-state index in [9.17, 15) is 18.0 Å². The first-order valence-electron chi connectivity index (χ1n) is 9.80. The maximum Gasteiger partial charge on any atom is 0.338 e. The van der Waals surface area contributed by atoms with Crippen molar-refractivity contribution in [3.05, 3.63) is 52.5 Å². The maximum absolute atomic E-state index is 12.1. The van der Waals surface area contributed by atoms with Gasteiger partial charge >= 0.3 is 5.97 Å². The molecule has 11 heteroatoms. The maximum atomic E-state index is 12.1. The van der Waals surface area contributed by atoms with Gasteiger partial charge in [-0.15, -0.1) is 0 Å². The summed E-state index contributed by atoms with van der Waals surface area (Å²) in [5.41, 5.74) is 0.843. The molecule has 0 aliphatic rings. The van der Waals surface area contributed by atoms with Crippen molar-refractivity contribution in [1.29, 1.82) is 0 Å². The van der Waals surface area contributed by atoms with Gasteiger partial charge in [-0.1, -0.05) is 17.7 Å². The lowest BCUT2D eigenvalue weighted by Crippen LogP contribution is -2.30. The van der Waals surface area contributed by atoms with Gasteiger partial charge in [-0.25, -0.2) is 18.4 Å². The summed E-state index contributed by atoms with van der Waals surface area (Å²) in [6, 6.07) is 9.03. The minimum Gasteiger partial charge on any atom is -0.490 e. The topological polar surface area (TPSA) is 134 Å². The first-order chi connectivity index (χ1) is 15.2. The average molecular weight is 485 g/mol. The Morgan fingerprint density at radius 3 is 2.38 bits per heavy atom. The number of amides is 1. The molecule has 0 fully saturated rings. The van der Waals surface area contributed by atoms with Crippen molar-refractivity contribution in [2.45, 2.75) is 25.2 Å². The summed E-state index contributed by atoms with van der Waals surface area (Å²) >= 11 is 5.78. The number of hydrogen-bond acceptors (Lipinski definition) is 7. The number of halogens is 1. The fraction of sp³-hybridized carbons (Fsp3) is 0.333. The minimum absolute atomic E-state index is 0.0935. The quantitative estimate of drug-likeness (QED) is 0.467. The van der Waals surface area contributed by atoms with Crippen molar-refractivity contribution in [3.8, 4) is 11.5 Å². The normalized spacial score (nSPS) is 11.0. The van der Waals surface area contributed by atoms with E-state index >= 15 is 0 Å². The Hall–Kier alpha value is -2.82. The van der Waals surface area contributed by atoms with Crippen LogP contribution in [0.3, 0.4) is 0 Å². The van der Waals surface area contributed by atoms with E-state index in [0.717, 1.165) is 11.6 Å². The van der Waals surface area contributed by atoms with Crippen LogP contribution in [0, 0.1) is 0 Å². The van der Waals surface area contributed by atoms with E-state index in [2.05, 4.69) is 5.32 Å². The van der Waals surface area contributed by atoms with E-state index in [1.165, 1.54) is 12.1 Å². The molecular formula is C21H25ClN2O7S. The second-order valence-electron chi connectivity index (χ2n) is 6.51. The number of nitrogens with one attached hydrogen (secondary N) is 1. The van der Waals surface area contributed by atoms with Gasteiger partial charge in [0, 0.05) is 6.54 Å². The Bertz CT molecular complexity index is 1070. The van der Waals surface area contributed by atoms with Gasteiger partial charge in [0.15, 0.2) is 18.1 Å². The molecule has 2 aromatic rings. The molecule has 0 radical (unpaired) electrons. The summed E-state index contributed by atoms with van der Waals surface area (Å²) in [4.78, 5) is 23.7. The van der Waals surface area contributed by atoms with Crippen LogP contribution in [0.2, 0.25) is 5.02 Å². The van der Waals surface area contributed by atoms with E-state index in [4.69, 9.17) is 31.0 Å². The van der Waals surface area contributed by atoms with Gasteiger partial charge in [0.05, 0.1) is 23.8 Å². The number of primary sulfonamides is 1. The second kappa shape index (κ2) is 11.7. The van der Waals surface area contributed by atoms with Crippen molar-refractivity contribution >= 4 is 33.5 Å². The van der Waals surface area contributed by atoms with Crippen LogP contribution in [0.5, 0.6) is 11.5 Å². The summed E-state index contributed by atoms with van der Waals surface area (Å²) in [5.74, 6) is -0.0969. The van der Waals surface area contributed by atoms with Crippen LogP contribution in [0.25, 0.3) is 0 Å². The highest BCUT2D eigenvalue weighted by atomic mass is 35.5. The number of nitrogens with two attached hydrogens (primary N) is 1. The molecule has 0 spiro atoms. The molecule has 32 heavy (non-hydrogen) atoms. The van der Waals surface area contributed by atoms with Crippen molar-refractivity contribution in [2.75, 3.05) is 26.4 Å². The number of carbonyl (C=O) groups is 2. The largest absolute Gasteiger partial charge is 0.490 e. The first kappa shape index (κ1) is 25.4. The van der Waals surface area contributed by atoms with Crippen LogP contribution >= 0.6 is 11.6 Å². The standard InChI is InChI=1S/C21H25ClN2O7S/c1-3-29-17-8-5-14(11-18(17)30-4-2)9-10-24-20(25)13-31-21(26)15-6-7-16(22)19(12-15)32(23,27)28/h5-8,11-12H,3-4,9-10,13H2,1-2H3,(H,24,25)(H2,23,27,28). The van der Waals surface area contributed by atoms with Crippen LogP contribution in [0.1, 0.15) is 29.8 Å². The Labute approximate surface area is 191 Å². The molecule has 2 rings (SSSR count). The van der Waals surface area contributed by atoms with E-state index in [1.807, 2.05) is 32.0 Å². The molecule has 0 heterocycles. The molecule has 3 N–H and O–H groups in total. The molecule has 0 saturated carbocycles. The average Bonchev–Trinajstić information content (AvgIpc) is 2.73. The minimum atomic E-state index is -4.11. The van der Waals surface area contributed by atoms with Gasteiger partial charge in [0.25, 0.3) is 5.91 Å². The zero-order valence-corrected chi connectivity index (χ0v) is 19.3. The number of ether oxygens (including phenoxy) is 3. The predicted molar refractivity (Wildman–Crippen MR) is 119 cm³/mol. The second-order valence-corrected chi connectivity index (χ2v) is 8.45. The Morgan fingerprint density at radius 2 is 1.72 bits per heavy atom. The third-order valence-electron chi connectivity index (χ3n) is 4.15. The molecule has 0 atom stereocenters. The molecule has 2 aromatic carbocycles. The SMILES string of the molecule is CCOc1ccc(CCNC(=O)COC(=O)c2ccc(Cl)c(S(N)(=O)=O)c2)cc1OCC. The van der Waals surface area contributed by atoms with Gasteiger partial charge in [0.2, 0.25) is 10.0 Å². The molecule has 1 amide bonds. The number of carbonyl (C=O) groups excluding carboxylic acids is 2. The van der Waals surface area contributed by atoms with Gasteiger partial charge in [-0.05, 0) is 56.2 Å². The first-order valence-corrected chi connectivity index (χ1v) is 11.7. The van der Waals surface area contributed by atoms with Crippen LogP contribution in [0.15, 0.2) is 41.3 Å². The molecule has 0 aromatic heterocycles. The fourth-order valence-corrected chi connectivity index (χ4v) is 3.78. The summed E-state index contributed by atoms with van der Waals surface area (Å²) in [6.45, 7) is 4.57. The predicted octanol–water partition coefficient (Wildman–Crippen LogP) is 2.30. The van der Waals surface area contributed by atoms with E-state index in [0.29, 0.717) is 37.7 Å². The van der Waals surface area contributed by atoms with Crippen LogP contribution in [-0.2, 0) is 26.0 Å². The molecule has 0 bridgehead atoms. The number of sulfonamides is 1. The zero-order valence-electron chi connectivity index (χ0n) is 17.7. The highest BCUT2D eigenvalue weighted by molar-refractivity contribution is 7.89. The number of hydrogen-bond donors (Lipinski definition) is 2. The van der Waals surface area contributed by atoms with Gasteiger partial charge in [0.1, 0.15) is 4.90 Å². The number of esters is 1. The lowest BCUT2D eigenvalue weighted by Gasteiger charge is -2.12. The molecule has 0 unspecified atom stereocenters. The number of rotatable bonds is 11. The Morgan fingerprint density at radius 1 is 1.03 bits per heavy atom. The summed E-state index contributed by atoms with van der Waals surface area (Å²) in [5, 5.41) is 7.58. The van der Waals surface area contributed by atoms with Crippen molar-refractivity contribution < 1.29 is 32.2 Å². The Balaban J connectivity index is 1.86. The van der Waals surface area contributed by atoms with E-state index < -0.39 is 33.4 Å². The smallest absolute Gasteiger partial charge is 0.338 e. The monoisotopic (exact) mass is 484 g/mol. The zero-order chi connectivity index (χ0) is 23.7. The molecule has 0 aliphatic carbocycles. The van der Waals surface area contributed by atoms with Gasteiger partial charge in [-0.3, -0.25) is 4.79 Å². The molecule has 9 nitrogen and oxygen atoms in total. The van der Waals surface area contributed by atoms with Gasteiger partial charge in [-0.2, -0.15) is 0 Å². The Kier molecular flexibility index (Phi) is 9.30. The van der Waals surface area contributed by atoms with Crippen LogP contribution in [0.4, 0.5) is 0 Å². The highest BCUT2D eigenvalue weighted by Crippen LogP contribution is 2.28. The third-order valence-corrected chi connectivity index (χ3v) is 5.54. The molecule has 0 saturated heterocycles. The van der Waals surface area contributed by atoms with Crippen molar-refractivity contribution in [3.63, 3.8) is 0 Å². The summed E-state index contributed by atoms with van der Waals surface area (Å²) in [7, 11) is -4.11. The number of benzene rings is 2. The van der Waals surface area contributed by atoms with Crippen LogP contribution in [-0.4, -0.2) is 46.7 Å². The summed E-state index contributed by atoms with van der Waals surface area (Å²) in [6.07, 6.45) is 0.529. The lowest BCUT2D eigenvalue weighted by atomic mass is 10.1. The van der Waals surface area contributed by atoms with Crippen LogP contribution < -0.4 is 19.9 Å². The lowest BCUT2D eigenvalue weighted by molar-refractivity contribution is -0.124. The molecule has 0 aliphatic heterocycles. The van der Waals surface area contributed by atoms with Gasteiger partial charge < -0.3 is 19.5 Å². The fourth-order valence-electron chi connectivity index (χ4n) is 2.71. The molecular weight excluding hydrogens is 460 g/mol. The van der Waals surface area contributed by atoms with Crippen molar-refractivity contribution in [1.82, 2.24) is 5.32 Å². The van der Waals surface area contributed by atoms with Crippen molar-refractivity contribution in [2.24, 2.45) is 5.14 Å². The third kappa shape index (κ3) is 7.40. The van der Waals surface area contributed by atoms with E-state index in [1.54, 1.807) is 0 Å². The van der Waals surface area contributed by atoms with E-state index in [-0.39, 0.29) is 10.6 Å². The highest BCUT2D eigenvalue weighted by Gasteiger charge is 2.18. The summed E-state index contributed by atoms with van der Waals surface area (Å²) < 4.78 is 39.0. The molecule has 174 valence electrons.